The molecule has 0 bridgehead atoms. The second-order valence-electron chi connectivity index (χ2n) is 4.16. The smallest absolute Gasteiger partial charge is 0.150 e. The Kier molecular flexibility index (Phi) is 5.56. The van der Waals surface area contributed by atoms with E-state index in [1.165, 1.54) is 12.8 Å². The summed E-state index contributed by atoms with van der Waals surface area (Å²) in [6.07, 6.45) is 4.58. The first-order valence-corrected chi connectivity index (χ1v) is 7.51. The van der Waals surface area contributed by atoms with Crippen molar-refractivity contribution in [3.8, 4) is 0 Å². The molecule has 4 nitrogen and oxygen atoms in total. The maximum Gasteiger partial charge on any atom is 0.150 e. The third kappa shape index (κ3) is 5.49. The first-order chi connectivity index (χ1) is 7.14. The molecule has 1 aliphatic rings. The van der Waals surface area contributed by atoms with Crippen molar-refractivity contribution in [1.82, 2.24) is 5.32 Å². The number of rotatable bonds is 6. The van der Waals surface area contributed by atoms with E-state index in [2.05, 4.69) is 5.32 Å². The molecule has 15 heavy (non-hydrogen) atoms. The lowest BCUT2D eigenvalue weighted by Gasteiger charge is -2.23. The Balaban J connectivity index is 2.22. The largest absolute Gasteiger partial charge is 0.396 e. The molecule has 1 saturated heterocycles. The minimum Gasteiger partial charge on any atom is -0.396 e. The Hall–Kier alpha value is -0.130. The molecule has 0 aromatic carbocycles. The lowest BCUT2D eigenvalue weighted by atomic mass is 10.0. The van der Waals surface area contributed by atoms with Gasteiger partial charge in [-0.05, 0) is 32.2 Å². The number of aliphatic hydroxyl groups excluding tert-OH is 1. The summed E-state index contributed by atoms with van der Waals surface area (Å²) in [5.74, 6) is 0.376. The van der Waals surface area contributed by atoms with Crippen molar-refractivity contribution >= 4 is 9.84 Å². The molecule has 0 spiro atoms. The van der Waals surface area contributed by atoms with Crippen LogP contribution in [-0.4, -0.2) is 44.2 Å². The molecule has 0 saturated carbocycles. The van der Waals surface area contributed by atoms with Gasteiger partial charge in [-0.15, -0.1) is 0 Å². The van der Waals surface area contributed by atoms with E-state index in [0.29, 0.717) is 18.9 Å². The van der Waals surface area contributed by atoms with Gasteiger partial charge < -0.3 is 10.4 Å². The summed E-state index contributed by atoms with van der Waals surface area (Å²) in [5, 5.41) is 11.9. The van der Waals surface area contributed by atoms with Crippen molar-refractivity contribution in [3.05, 3.63) is 0 Å². The average molecular weight is 235 g/mol. The fraction of sp³-hybridized carbons (Fsp3) is 1.00. The monoisotopic (exact) mass is 235 g/mol. The zero-order valence-corrected chi connectivity index (χ0v) is 9.93. The summed E-state index contributed by atoms with van der Waals surface area (Å²) in [6.45, 7) is 0.974. The Morgan fingerprint density at radius 2 is 2.07 bits per heavy atom. The standard InChI is InChI=1S/C10H21NO3S/c12-7-3-8-15(13,14)9-5-10-4-1-2-6-11-10/h10-12H,1-9H2. The highest BCUT2D eigenvalue weighted by molar-refractivity contribution is 7.91. The lowest BCUT2D eigenvalue weighted by Crippen LogP contribution is -2.35. The number of hydrogen-bond acceptors (Lipinski definition) is 4. The number of piperidine rings is 1. The molecule has 1 aliphatic heterocycles. The average Bonchev–Trinajstić information content (AvgIpc) is 2.25. The summed E-state index contributed by atoms with van der Waals surface area (Å²) in [7, 11) is -2.94. The normalized spacial score (nSPS) is 22.9. The minimum atomic E-state index is -2.94. The van der Waals surface area contributed by atoms with Crippen molar-refractivity contribution in [1.29, 1.82) is 0 Å². The molecule has 5 heteroatoms. The van der Waals surface area contributed by atoms with E-state index >= 15 is 0 Å². The van der Waals surface area contributed by atoms with E-state index in [1.807, 2.05) is 0 Å². The molecule has 1 rings (SSSR count). The quantitative estimate of drug-likeness (QED) is 0.695. The molecule has 0 aromatic heterocycles. The summed E-state index contributed by atoms with van der Waals surface area (Å²) >= 11 is 0. The number of sulfone groups is 1. The van der Waals surface area contributed by atoms with Gasteiger partial charge in [-0.2, -0.15) is 0 Å². The van der Waals surface area contributed by atoms with Crippen molar-refractivity contribution in [2.24, 2.45) is 0 Å². The van der Waals surface area contributed by atoms with Gasteiger partial charge in [0, 0.05) is 12.6 Å². The second-order valence-corrected chi connectivity index (χ2v) is 6.47. The highest BCUT2D eigenvalue weighted by Crippen LogP contribution is 2.11. The lowest BCUT2D eigenvalue weighted by molar-refractivity contribution is 0.295. The Morgan fingerprint density at radius 1 is 1.27 bits per heavy atom. The third-order valence-corrected chi connectivity index (χ3v) is 4.57. The maximum absolute atomic E-state index is 11.5. The van der Waals surface area contributed by atoms with Gasteiger partial charge in [-0.1, -0.05) is 6.42 Å². The van der Waals surface area contributed by atoms with Gasteiger partial charge in [-0.3, -0.25) is 0 Å². The van der Waals surface area contributed by atoms with Crippen LogP contribution in [-0.2, 0) is 9.84 Å². The number of aliphatic hydroxyl groups is 1. The molecule has 2 N–H and O–H groups in total. The van der Waals surface area contributed by atoms with E-state index in [0.717, 1.165) is 13.0 Å². The van der Waals surface area contributed by atoms with Gasteiger partial charge in [0.15, 0.2) is 0 Å². The van der Waals surface area contributed by atoms with Crippen molar-refractivity contribution in [3.63, 3.8) is 0 Å². The summed E-state index contributed by atoms with van der Waals surface area (Å²) < 4.78 is 23.0. The molecule has 0 radical (unpaired) electrons. The van der Waals surface area contributed by atoms with Crippen LogP contribution in [0.2, 0.25) is 0 Å². The van der Waals surface area contributed by atoms with E-state index in [1.54, 1.807) is 0 Å². The van der Waals surface area contributed by atoms with Crippen LogP contribution in [0.3, 0.4) is 0 Å². The Labute approximate surface area is 92.0 Å². The van der Waals surface area contributed by atoms with Gasteiger partial charge in [0.05, 0.1) is 11.5 Å². The molecule has 1 fully saturated rings. The van der Waals surface area contributed by atoms with Crippen LogP contribution in [0, 0.1) is 0 Å². The van der Waals surface area contributed by atoms with E-state index in [9.17, 15) is 8.42 Å². The third-order valence-electron chi connectivity index (χ3n) is 2.80. The molecule has 90 valence electrons. The molecule has 1 atom stereocenters. The van der Waals surface area contributed by atoms with Gasteiger partial charge >= 0.3 is 0 Å². The zero-order chi connectivity index (χ0) is 11.1. The topological polar surface area (TPSA) is 66.4 Å². The van der Waals surface area contributed by atoms with Crippen LogP contribution in [0.4, 0.5) is 0 Å². The summed E-state index contributed by atoms with van der Waals surface area (Å²) in [4.78, 5) is 0. The van der Waals surface area contributed by atoms with Gasteiger partial charge in [0.2, 0.25) is 0 Å². The molecule has 1 unspecified atom stereocenters. The van der Waals surface area contributed by atoms with Gasteiger partial charge in [0.25, 0.3) is 0 Å². The molecule has 1 heterocycles. The van der Waals surface area contributed by atoms with Crippen LogP contribution in [0.25, 0.3) is 0 Å². The number of hydrogen-bond donors (Lipinski definition) is 2. The minimum absolute atomic E-state index is 0.0408. The zero-order valence-electron chi connectivity index (χ0n) is 9.11. The fourth-order valence-electron chi connectivity index (χ4n) is 1.88. The summed E-state index contributed by atoms with van der Waals surface area (Å²) in [6, 6.07) is 0.377. The van der Waals surface area contributed by atoms with E-state index in [4.69, 9.17) is 5.11 Å². The van der Waals surface area contributed by atoms with Crippen LogP contribution >= 0.6 is 0 Å². The highest BCUT2D eigenvalue weighted by Gasteiger charge is 2.16. The SMILES string of the molecule is O=S(=O)(CCCO)CCC1CCCCN1. The van der Waals surface area contributed by atoms with Crippen molar-refractivity contribution in [2.75, 3.05) is 24.7 Å². The van der Waals surface area contributed by atoms with E-state index in [-0.39, 0.29) is 18.1 Å². The maximum atomic E-state index is 11.5. The molecule has 0 aliphatic carbocycles. The van der Waals surface area contributed by atoms with Crippen LogP contribution in [0.15, 0.2) is 0 Å². The Bertz CT molecular complexity index is 258. The van der Waals surface area contributed by atoms with Crippen LogP contribution in [0.1, 0.15) is 32.1 Å². The van der Waals surface area contributed by atoms with E-state index < -0.39 is 9.84 Å². The van der Waals surface area contributed by atoms with Gasteiger partial charge in [0.1, 0.15) is 9.84 Å². The molecule has 0 aromatic rings. The Morgan fingerprint density at radius 3 is 2.67 bits per heavy atom. The molecular weight excluding hydrogens is 214 g/mol. The molecular formula is C10H21NO3S. The first kappa shape index (κ1) is 12.9. The van der Waals surface area contributed by atoms with Crippen LogP contribution in [0.5, 0.6) is 0 Å². The van der Waals surface area contributed by atoms with Crippen molar-refractivity contribution in [2.45, 2.75) is 38.1 Å². The predicted octanol–water partition coefficient (Wildman–Crippen LogP) is 0.316. The van der Waals surface area contributed by atoms with Gasteiger partial charge in [-0.25, -0.2) is 8.42 Å². The first-order valence-electron chi connectivity index (χ1n) is 5.69. The molecule has 0 amide bonds. The fourth-order valence-corrected chi connectivity index (χ4v) is 3.30. The van der Waals surface area contributed by atoms with Crippen molar-refractivity contribution < 1.29 is 13.5 Å². The summed E-state index contributed by atoms with van der Waals surface area (Å²) in [5.41, 5.74) is 0. The number of nitrogens with one attached hydrogen (secondary N) is 1. The predicted molar refractivity (Wildman–Crippen MR) is 60.6 cm³/mol. The second kappa shape index (κ2) is 6.45. The highest BCUT2D eigenvalue weighted by atomic mass is 32.2. The van der Waals surface area contributed by atoms with Crippen LogP contribution < -0.4 is 5.32 Å².